The van der Waals surface area contributed by atoms with Crippen LogP contribution in [0.5, 0.6) is 0 Å². The molecular weight excluding hydrogens is 447 g/mol. The van der Waals surface area contributed by atoms with Gasteiger partial charge in [-0.05, 0) is 48.1 Å². The van der Waals surface area contributed by atoms with Gasteiger partial charge in [-0.25, -0.2) is 4.79 Å². The third-order valence-corrected chi connectivity index (χ3v) is 6.18. The maximum absolute atomic E-state index is 11.8. The van der Waals surface area contributed by atoms with Crippen molar-refractivity contribution in [2.24, 2.45) is 0 Å². The van der Waals surface area contributed by atoms with Crippen LogP contribution in [0.1, 0.15) is 15.2 Å². The van der Waals surface area contributed by atoms with Crippen molar-refractivity contribution in [3.63, 3.8) is 0 Å². The molecule has 0 saturated carbocycles. The van der Waals surface area contributed by atoms with Crippen molar-refractivity contribution in [2.75, 3.05) is 12.4 Å². The van der Waals surface area contributed by atoms with Crippen LogP contribution in [0.15, 0.2) is 36.4 Å². The Bertz CT molecular complexity index is 1040. The Morgan fingerprint density at radius 2 is 1.96 bits per heavy atom. The summed E-state index contributed by atoms with van der Waals surface area (Å²) in [5.74, 6) is -0.451. The molecular formula is C18H13Cl3N2O2S2. The fraction of sp³-hybridized carbons (Fsp3) is 0.111. The molecule has 0 spiro atoms. The first-order chi connectivity index (χ1) is 12.9. The molecule has 1 aromatic heterocycles. The van der Waals surface area contributed by atoms with Crippen LogP contribution in [-0.2, 0) is 11.3 Å². The fourth-order valence-electron chi connectivity index (χ4n) is 2.38. The molecule has 0 unspecified atom stereocenters. The summed E-state index contributed by atoms with van der Waals surface area (Å²) in [5, 5.41) is 8.98. The van der Waals surface area contributed by atoms with Crippen molar-refractivity contribution in [1.82, 2.24) is 5.32 Å². The lowest BCUT2D eigenvalue weighted by Crippen LogP contribution is -2.27. The SMILES string of the molecule is COC(=O)c1sc2cc(NC(=S)NCc3ccc(Cl)cc3Cl)ccc2c1Cl. The van der Waals surface area contributed by atoms with E-state index in [0.717, 1.165) is 21.3 Å². The van der Waals surface area contributed by atoms with Crippen molar-refractivity contribution >= 4 is 85.2 Å². The molecule has 4 nitrogen and oxygen atoms in total. The van der Waals surface area contributed by atoms with Gasteiger partial charge in [-0.2, -0.15) is 0 Å². The molecule has 9 heteroatoms. The molecule has 3 aromatic rings. The zero-order valence-corrected chi connectivity index (χ0v) is 17.8. The number of benzene rings is 2. The van der Waals surface area contributed by atoms with E-state index in [1.54, 1.807) is 12.1 Å². The van der Waals surface area contributed by atoms with Crippen molar-refractivity contribution < 1.29 is 9.53 Å². The maximum atomic E-state index is 11.8. The topological polar surface area (TPSA) is 50.4 Å². The van der Waals surface area contributed by atoms with E-state index in [2.05, 4.69) is 10.6 Å². The molecule has 0 radical (unpaired) electrons. The van der Waals surface area contributed by atoms with E-state index in [-0.39, 0.29) is 0 Å². The van der Waals surface area contributed by atoms with Gasteiger partial charge < -0.3 is 15.4 Å². The molecule has 0 aliphatic heterocycles. The Morgan fingerprint density at radius 1 is 1.19 bits per heavy atom. The number of esters is 1. The predicted molar refractivity (Wildman–Crippen MR) is 118 cm³/mol. The van der Waals surface area contributed by atoms with Crippen molar-refractivity contribution in [1.29, 1.82) is 0 Å². The van der Waals surface area contributed by atoms with Crippen LogP contribution in [0.3, 0.4) is 0 Å². The standard InChI is InChI=1S/C18H13Cl3N2O2S2/c1-25-17(24)16-15(21)12-5-4-11(7-14(12)27-16)23-18(26)22-8-9-2-3-10(19)6-13(9)20/h2-7H,8H2,1H3,(H2,22,23,26). The van der Waals surface area contributed by atoms with Crippen LogP contribution < -0.4 is 10.6 Å². The highest BCUT2D eigenvalue weighted by Gasteiger charge is 2.17. The van der Waals surface area contributed by atoms with Crippen LogP contribution >= 0.6 is 58.4 Å². The minimum Gasteiger partial charge on any atom is -0.465 e. The molecule has 3 rings (SSSR count). The molecule has 140 valence electrons. The summed E-state index contributed by atoms with van der Waals surface area (Å²) in [6, 6.07) is 10.8. The van der Waals surface area contributed by atoms with Gasteiger partial charge in [0.05, 0.1) is 12.1 Å². The van der Waals surface area contributed by atoms with Crippen LogP contribution in [0.2, 0.25) is 15.1 Å². The number of anilines is 1. The summed E-state index contributed by atoms with van der Waals surface area (Å²) in [5.41, 5.74) is 1.66. The second-order valence-corrected chi connectivity index (χ2v) is 8.17. The zero-order chi connectivity index (χ0) is 19.6. The Labute approximate surface area is 180 Å². The summed E-state index contributed by atoms with van der Waals surface area (Å²) >= 11 is 24.9. The predicted octanol–water partition coefficient (Wildman–Crippen LogP) is 6.13. The monoisotopic (exact) mass is 458 g/mol. The van der Waals surface area contributed by atoms with E-state index in [4.69, 9.17) is 51.8 Å². The summed E-state index contributed by atoms with van der Waals surface area (Å²) in [6.45, 7) is 0.460. The van der Waals surface area contributed by atoms with E-state index < -0.39 is 5.97 Å². The van der Waals surface area contributed by atoms with Crippen LogP contribution in [0, 0.1) is 0 Å². The number of methoxy groups -OCH3 is 1. The van der Waals surface area contributed by atoms with E-state index in [0.29, 0.717) is 31.6 Å². The highest BCUT2D eigenvalue weighted by atomic mass is 35.5. The van der Waals surface area contributed by atoms with E-state index in [1.807, 2.05) is 24.3 Å². The number of thiophene rings is 1. The second-order valence-electron chi connectivity index (χ2n) is 5.49. The normalized spacial score (nSPS) is 10.7. The number of ether oxygens (including phenoxy) is 1. The maximum Gasteiger partial charge on any atom is 0.349 e. The summed E-state index contributed by atoms with van der Waals surface area (Å²) in [7, 11) is 1.33. The number of halogens is 3. The lowest BCUT2D eigenvalue weighted by atomic mass is 10.2. The van der Waals surface area contributed by atoms with Gasteiger partial charge in [-0.15, -0.1) is 11.3 Å². The first-order valence-electron chi connectivity index (χ1n) is 7.68. The third kappa shape index (κ3) is 4.65. The van der Waals surface area contributed by atoms with Crippen molar-refractivity contribution in [2.45, 2.75) is 6.54 Å². The lowest BCUT2D eigenvalue weighted by Gasteiger charge is -2.11. The molecule has 27 heavy (non-hydrogen) atoms. The summed E-state index contributed by atoms with van der Waals surface area (Å²) in [4.78, 5) is 12.2. The van der Waals surface area contributed by atoms with Crippen LogP contribution in [0.25, 0.3) is 10.1 Å². The van der Waals surface area contributed by atoms with Gasteiger partial charge in [-0.3, -0.25) is 0 Å². The zero-order valence-electron chi connectivity index (χ0n) is 13.9. The first-order valence-corrected chi connectivity index (χ1v) is 10.0. The number of rotatable bonds is 4. The number of carbonyl (C=O) groups excluding carboxylic acids is 1. The van der Waals surface area contributed by atoms with Crippen molar-refractivity contribution in [3.05, 3.63) is 61.9 Å². The highest BCUT2D eigenvalue weighted by Crippen LogP contribution is 2.37. The van der Waals surface area contributed by atoms with Gasteiger partial charge in [-0.1, -0.05) is 40.9 Å². The van der Waals surface area contributed by atoms with Crippen LogP contribution in [0.4, 0.5) is 5.69 Å². The first kappa shape index (κ1) is 20.2. The minimum absolute atomic E-state index is 0.379. The molecule has 0 aliphatic carbocycles. The van der Waals surface area contributed by atoms with E-state index >= 15 is 0 Å². The van der Waals surface area contributed by atoms with Gasteiger partial charge in [0, 0.05) is 32.4 Å². The number of nitrogens with one attached hydrogen (secondary N) is 2. The Kier molecular flexibility index (Phi) is 6.44. The van der Waals surface area contributed by atoms with Gasteiger partial charge >= 0.3 is 5.97 Å². The molecule has 0 fully saturated rings. The molecule has 2 aromatic carbocycles. The number of fused-ring (bicyclic) bond motifs is 1. The Hall–Kier alpha value is -1.57. The van der Waals surface area contributed by atoms with Gasteiger partial charge in [0.1, 0.15) is 4.88 Å². The van der Waals surface area contributed by atoms with Crippen molar-refractivity contribution in [3.8, 4) is 0 Å². The number of hydrogen-bond acceptors (Lipinski definition) is 4. The molecule has 0 bridgehead atoms. The molecule has 0 aliphatic rings. The molecule has 2 N–H and O–H groups in total. The van der Waals surface area contributed by atoms with Gasteiger partial charge in [0.15, 0.2) is 5.11 Å². The average molecular weight is 460 g/mol. The molecule has 1 heterocycles. The van der Waals surface area contributed by atoms with E-state index in [1.165, 1.54) is 18.4 Å². The smallest absolute Gasteiger partial charge is 0.349 e. The summed E-state index contributed by atoms with van der Waals surface area (Å²) in [6.07, 6.45) is 0. The second kappa shape index (κ2) is 8.63. The van der Waals surface area contributed by atoms with Crippen LogP contribution in [-0.4, -0.2) is 18.2 Å². The molecule has 0 saturated heterocycles. The quantitative estimate of drug-likeness (QED) is 0.363. The van der Waals surface area contributed by atoms with Gasteiger partial charge in [0.25, 0.3) is 0 Å². The fourth-order valence-corrected chi connectivity index (χ4v) is 4.51. The number of thiocarbonyl (C=S) groups is 1. The molecule has 0 amide bonds. The highest BCUT2D eigenvalue weighted by molar-refractivity contribution is 7.80. The average Bonchev–Trinajstić information content (AvgIpc) is 2.96. The third-order valence-electron chi connectivity index (χ3n) is 3.71. The van der Waals surface area contributed by atoms with Gasteiger partial charge in [0.2, 0.25) is 0 Å². The minimum atomic E-state index is -0.451. The largest absolute Gasteiger partial charge is 0.465 e. The lowest BCUT2D eigenvalue weighted by molar-refractivity contribution is 0.0606. The summed E-state index contributed by atoms with van der Waals surface area (Å²) < 4.78 is 5.61. The number of carbonyl (C=O) groups is 1. The Morgan fingerprint density at radius 3 is 2.67 bits per heavy atom. The number of hydrogen-bond donors (Lipinski definition) is 2. The van der Waals surface area contributed by atoms with E-state index in [9.17, 15) is 4.79 Å². The molecule has 0 atom stereocenters. The Balaban J connectivity index is 1.70.